The molecule has 0 saturated heterocycles. The van der Waals surface area contributed by atoms with Crippen LogP contribution in [0.25, 0.3) is 0 Å². The molecule has 2 aromatic rings. The Morgan fingerprint density at radius 2 is 2.00 bits per heavy atom. The van der Waals surface area contributed by atoms with E-state index in [-0.39, 0.29) is 5.91 Å². The molecule has 0 atom stereocenters. The molecule has 0 aliphatic carbocycles. The Morgan fingerprint density at radius 3 is 2.78 bits per heavy atom. The van der Waals surface area contributed by atoms with Crippen LogP contribution in [-0.4, -0.2) is 22.4 Å². The van der Waals surface area contributed by atoms with Crippen molar-refractivity contribution < 1.29 is 4.79 Å². The lowest BCUT2D eigenvalue weighted by molar-refractivity contribution is -0.114. The number of carbonyl (C=O) groups excluding carboxylic acids is 1. The van der Waals surface area contributed by atoms with Gasteiger partial charge in [-0.2, -0.15) is 4.98 Å². The van der Waals surface area contributed by atoms with Gasteiger partial charge in [-0.25, -0.2) is 4.98 Å². The van der Waals surface area contributed by atoms with Crippen molar-refractivity contribution in [3.63, 3.8) is 0 Å². The van der Waals surface area contributed by atoms with Gasteiger partial charge in [-0.3, -0.25) is 4.79 Å². The van der Waals surface area contributed by atoms with E-state index in [2.05, 4.69) is 32.8 Å². The highest BCUT2D eigenvalue weighted by Crippen LogP contribution is 2.18. The minimum atomic E-state index is -0.100. The van der Waals surface area contributed by atoms with Crippen LogP contribution in [0.3, 0.4) is 0 Å². The zero-order chi connectivity index (χ0) is 16.5. The quantitative estimate of drug-likeness (QED) is 0.646. The van der Waals surface area contributed by atoms with Gasteiger partial charge in [0.05, 0.1) is 0 Å². The van der Waals surface area contributed by atoms with Gasteiger partial charge in [0.15, 0.2) is 0 Å². The third-order valence-electron chi connectivity index (χ3n) is 3.18. The minimum absolute atomic E-state index is 0.100. The van der Waals surface area contributed by atoms with Crippen molar-refractivity contribution >= 4 is 29.0 Å². The normalized spacial score (nSPS) is 10.2. The van der Waals surface area contributed by atoms with Crippen molar-refractivity contribution in [1.82, 2.24) is 9.97 Å². The molecule has 2 rings (SSSR count). The second-order valence-electron chi connectivity index (χ2n) is 5.29. The Bertz CT molecular complexity index is 644. The maximum atomic E-state index is 11.1. The van der Waals surface area contributed by atoms with Gasteiger partial charge in [0.2, 0.25) is 11.9 Å². The van der Waals surface area contributed by atoms with Crippen LogP contribution in [-0.2, 0) is 4.79 Å². The summed E-state index contributed by atoms with van der Waals surface area (Å²) in [7, 11) is 0. The van der Waals surface area contributed by atoms with Gasteiger partial charge in [-0.15, -0.1) is 0 Å². The summed E-state index contributed by atoms with van der Waals surface area (Å²) >= 11 is 0. The molecule has 23 heavy (non-hydrogen) atoms. The van der Waals surface area contributed by atoms with Crippen LogP contribution in [0.15, 0.2) is 36.5 Å². The molecule has 1 aromatic heterocycles. The number of unbranched alkanes of at least 4 members (excludes halogenated alkanes) is 2. The Kier molecular flexibility index (Phi) is 6.35. The number of benzene rings is 1. The van der Waals surface area contributed by atoms with Crippen LogP contribution in [0, 0.1) is 0 Å². The molecule has 0 unspecified atom stereocenters. The Balaban J connectivity index is 1.98. The predicted molar refractivity (Wildman–Crippen MR) is 94.1 cm³/mol. The van der Waals surface area contributed by atoms with Crippen molar-refractivity contribution in [3.8, 4) is 0 Å². The highest BCUT2D eigenvalue weighted by atomic mass is 16.1. The summed E-state index contributed by atoms with van der Waals surface area (Å²) in [6.07, 6.45) is 5.25. The van der Waals surface area contributed by atoms with Crippen molar-refractivity contribution in [2.45, 2.75) is 33.1 Å². The van der Waals surface area contributed by atoms with Gasteiger partial charge >= 0.3 is 0 Å². The van der Waals surface area contributed by atoms with Gasteiger partial charge in [0, 0.05) is 31.0 Å². The van der Waals surface area contributed by atoms with E-state index in [1.807, 2.05) is 30.3 Å². The van der Waals surface area contributed by atoms with Crippen molar-refractivity contribution in [1.29, 1.82) is 0 Å². The zero-order valence-electron chi connectivity index (χ0n) is 13.6. The minimum Gasteiger partial charge on any atom is -0.370 e. The fraction of sp³-hybridized carbons (Fsp3) is 0.353. The summed E-state index contributed by atoms with van der Waals surface area (Å²) in [4.78, 5) is 19.8. The van der Waals surface area contributed by atoms with E-state index in [4.69, 9.17) is 0 Å². The van der Waals surface area contributed by atoms with Crippen LogP contribution in [0.4, 0.5) is 23.1 Å². The zero-order valence-corrected chi connectivity index (χ0v) is 13.6. The molecule has 0 fully saturated rings. The fourth-order valence-electron chi connectivity index (χ4n) is 2.12. The van der Waals surface area contributed by atoms with Crippen LogP contribution < -0.4 is 16.0 Å². The lowest BCUT2D eigenvalue weighted by Crippen LogP contribution is -2.07. The number of aromatic nitrogens is 2. The molecular weight excluding hydrogens is 290 g/mol. The summed E-state index contributed by atoms with van der Waals surface area (Å²) in [5, 5.41) is 9.19. The van der Waals surface area contributed by atoms with Crippen LogP contribution in [0.1, 0.15) is 33.1 Å². The van der Waals surface area contributed by atoms with E-state index in [0.717, 1.165) is 30.2 Å². The number of carbonyl (C=O) groups is 1. The van der Waals surface area contributed by atoms with E-state index in [9.17, 15) is 4.79 Å². The number of amides is 1. The summed E-state index contributed by atoms with van der Waals surface area (Å²) in [5.74, 6) is 1.22. The molecule has 1 heterocycles. The summed E-state index contributed by atoms with van der Waals surface area (Å²) < 4.78 is 0. The monoisotopic (exact) mass is 313 g/mol. The third kappa shape index (κ3) is 5.94. The van der Waals surface area contributed by atoms with Gasteiger partial charge in [0.1, 0.15) is 5.82 Å². The molecule has 0 aliphatic rings. The van der Waals surface area contributed by atoms with Crippen molar-refractivity contribution in [3.05, 3.63) is 36.5 Å². The van der Waals surface area contributed by atoms with Crippen LogP contribution in [0.5, 0.6) is 0 Å². The molecule has 0 radical (unpaired) electrons. The summed E-state index contributed by atoms with van der Waals surface area (Å²) in [6.45, 7) is 4.57. The van der Waals surface area contributed by atoms with Crippen LogP contribution >= 0.6 is 0 Å². The predicted octanol–water partition coefficient (Wildman–Crippen LogP) is 3.78. The van der Waals surface area contributed by atoms with E-state index in [1.54, 1.807) is 6.20 Å². The largest absolute Gasteiger partial charge is 0.370 e. The molecule has 0 bridgehead atoms. The molecule has 3 N–H and O–H groups in total. The molecule has 6 heteroatoms. The van der Waals surface area contributed by atoms with E-state index >= 15 is 0 Å². The van der Waals surface area contributed by atoms with Crippen molar-refractivity contribution in [2.24, 2.45) is 0 Å². The summed E-state index contributed by atoms with van der Waals surface area (Å²) in [6, 6.07) is 9.28. The van der Waals surface area contributed by atoms with Gasteiger partial charge < -0.3 is 16.0 Å². The molecule has 122 valence electrons. The lowest BCUT2D eigenvalue weighted by Gasteiger charge is -2.09. The average molecular weight is 313 g/mol. The molecule has 1 aromatic carbocycles. The third-order valence-corrected chi connectivity index (χ3v) is 3.18. The van der Waals surface area contributed by atoms with E-state index in [0.29, 0.717) is 5.95 Å². The SMILES string of the molecule is CCCCCNc1ccnc(Nc2cccc(NC(C)=O)c2)n1. The lowest BCUT2D eigenvalue weighted by atomic mass is 10.2. The fourth-order valence-corrected chi connectivity index (χ4v) is 2.12. The van der Waals surface area contributed by atoms with E-state index < -0.39 is 0 Å². The van der Waals surface area contributed by atoms with Crippen molar-refractivity contribution in [2.75, 3.05) is 22.5 Å². The number of rotatable bonds is 8. The second kappa shape index (κ2) is 8.73. The van der Waals surface area contributed by atoms with Gasteiger partial charge in [-0.05, 0) is 30.7 Å². The first-order valence-corrected chi connectivity index (χ1v) is 7.89. The first-order chi connectivity index (χ1) is 11.2. The molecule has 1 amide bonds. The highest BCUT2D eigenvalue weighted by Gasteiger charge is 2.02. The highest BCUT2D eigenvalue weighted by molar-refractivity contribution is 5.89. The smallest absolute Gasteiger partial charge is 0.229 e. The molecule has 0 spiro atoms. The number of nitrogens with one attached hydrogen (secondary N) is 3. The van der Waals surface area contributed by atoms with Gasteiger partial charge in [0.25, 0.3) is 0 Å². The molecule has 0 saturated carbocycles. The first-order valence-electron chi connectivity index (χ1n) is 7.89. The van der Waals surface area contributed by atoms with Gasteiger partial charge in [-0.1, -0.05) is 25.8 Å². The standard InChI is InChI=1S/C17H23N5O/c1-3-4-5-10-18-16-9-11-19-17(22-16)21-15-8-6-7-14(12-15)20-13(2)23/h6-9,11-12H,3-5,10H2,1-2H3,(H,20,23)(H2,18,19,21,22). The maximum Gasteiger partial charge on any atom is 0.229 e. The topological polar surface area (TPSA) is 78.9 Å². The average Bonchev–Trinajstić information content (AvgIpc) is 2.52. The first kappa shape index (κ1) is 16.7. The molecule has 6 nitrogen and oxygen atoms in total. The Hall–Kier alpha value is -2.63. The number of hydrogen-bond acceptors (Lipinski definition) is 5. The molecule has 0 aliphatic heterocycles. The second-order valence-corrected chi connectivity index (χ2v) is 5.29. The number of hydrogen-bond donors (Lipinski definition) is 3. The Morgan fingerprint density at radius 1 is 1.17 bits per heavy atom. The number of nitrogens with zero attached hydrogens (tertiary/aromatic N) is 2. The van der Waals surface area contributed by atoms with E-state index in [1.165, 1.54) is 19.8 Å². The Labute approximate surface area is 136 Å². The molecular formula is C17H23N5O. The van der Waals surface area contributed by atoms with Crippen LogP contribution in [0.2, 0.25) is 0 Å². The number of anilines is 4. The maximum absolute atomic E-state index is 11.1. The summed E-state index contributed by atoms with van der Waals surface area (Å²) in [5.41, 5.74) is 1.55.